The second-order valence-electron chi connectivity index (χ2n) is 4.40. The summed E-state index contributed by atoms with van der Waals surface area (Å²) in [4.78, 5) is 12.2. The summed E-state index contributed by atoms with van der Waals surface area (Å²) in [5.74, 6) is -0.194. The van der Waals surface area contributed by atoms with E-state index in [1.54, 1.807) is 36.1 Å². The van der Waals surface area contributed by atoms with E-state index in [2.05, 4.69) is 31.5 Å². The molecule has 0 unspecified atom stereocenters. The van der Waals surface area contributed by atoms with Crippen LogP contribution in [0.2, 0.25) is 0 Å². The fraction of sp³-hybridized carbons (Fsp3) is 0.0714. The Hall–Kier alpha value is -2.41. The lowest BCUT2D eigenvalue weighted by Gasteiger charge is -2.10. The number of amides is 1. The highest BCUT2D eigenvalue weighted by atomic mass is 79.9. The topological polar surface area (TPSA) is 73.0 Å². The minimum atomic E-state index is -0.359. The number of aryl methyl sites for hydroxylation is 1. The number of anilines is 1. The molecule has 1 aromatic carbocycles. The van der Waals surface area contributed by atoms with E-state index >= 15 is 0 Å². The molecule has 6 nitrogen and oxygen atoms in total. The van der Waals surface area contributed by atoms with Gasteiger partial charge in [0.25, 0.3) is 5.91 Å². The van der Waals surface area contributed by atoms with E-state index in [0.717, 1.165) is 10.2 Å². The highest BCUT2D eigenvalue weighted by Crippen LogP contribution is 2.25. The number of halogens is 1. The van der Waals surface area contributed by atoms with Crippen molar-refractivity contribution in [3.05, 3.63) is 58.7 Å². The first-order chi connectivity index (χ1) is 10.1. The van der Waals surface area contributed by atoms with Crippen LogP contribution in [-0.4, -0.2) is 20.8 Å². The molecular formula is C14H11BrN4O2. The Bertz CT molecular complexity index is 780. The second-order valence-corrected chi connectivity index (χ2v) is 5.31. The highest BCUT2D eigenvalue weighted by Gasteiger charge is 2.15. The summed E-state index contributed by atoms with van der Waals surface area (Å²) < 4.78 is 7.49. The average molecular weight is 347 g/mol. The molecular weight excluding hydrogens is 336 g/mol. The van der Waals surface area contributed by atoms with Gasteiger partial charge in [0.2, 0.25) is 5.76 Å². The summed E-state index contributed by atoms with van der Waals surface area (Å²) in [5, 5.41) is 10.7. The summed E-state index contributed by atoms with van der Waals surface area (Å²) in [6.07, 6.45) is 3.48. The molecule has 2 heterocycles. The third-order valence-electron chi connectivity index (χ3n) is 2.81. The molecule has 1 N–H and O–H groups in total. The van der Waals surface area contributed by atoms with Crippen molar-refractivity contribution in [2.75, 3.05) is 5.32 Å². The first-order valence-electron chi connectivity index (χ1n) is 6.18. The molecule has 0 radical (unpaired) electrons. The molecule has 21 heavy (non-hydrogen) atoms. The Morgan fingerprint density at radius 3 is 2.90 bits per heavy atom. The van der Waals surface area contributed by atoms with Crippen LogP contribution in [0, 0.1) is 6.92 Å². The highest BCUT2D eigenvalue weighted by molar-refractivity contribution is 9.10. The molecule has 0 spiro atoms. The molecule has 2 aromatic heterocycles. The quantitative estimate of drug-likeness (QED) is 0.790. The number of hydrogen-bond acceptors (Lipinski definition) is 4. The molecule has 0 saturated carbocycles. The van der Waals surface area contributed by atoms with Crippen LogP contribution in [-0.2, 0) is 0 Å². The number of hydrogen-bond donors (Lipinski definition) is 1. The number of nitrogens with zero attached hydrogens (tertiary/aromatic N) is 3. The number of rotatable bonds is 3. The Kier molecular flexibility index (Phi) is 3.57. The van der Waals surface area contributed by atoms with E-state index in [-0.39, 0.29) is 11.7 Å². The molecule has 0 aliphatic carbocycles. The third kappa shape index (κ3) is 2.87. The van der Waals surface area contributed by atoms with Crippen molar-refractivity contribution in [3.8, 4) is 5.69 Å². The molecule has 3 aromatic rings. The fourth-order valence-electron chi connectivity index (χ4n) is 1.87. The smallest absolute Gasteiger partial charge is 0.294 e. The minimum Gasteiger partial charge on any atom is -0.351 e. The molecule has 0 aliphatic rings. The first-order valence-corrected chi connectivity index (χ1v) is 6.97. The number of aromatic nitrogens is 3. The maximum Gasteiger partial charge on any atom is 0.294 e. The first kappa shape index (κ1) is 13.6. The Labute approximate surface area is 128 Å². The number of benzene rings is 1. The zero-order chi connectivity index (χ0) is 14.8. The zero-order valence-corrected chi connectivity index (χ0v) is 12.7. The Morgan fingerprint density at radius 1 is 1.38 bits per heavy atom. The molecule has 0 bridgehead atoms. The summed E-state index contributed by atoms with van der Waals surface area (Å²) in [7, 11) is 0. The Balaban J connectivity index is 1.94. The van der Waals surface area contributed by atoms with Gasteiger partial charge in [-0.2, -0.15) is 5.10 Å². The zero-order valence-electron chi connectivity index (χ0n) is 11.1. The van der Waals surface area contributed by atoms with Gasteiger partial charge in [0.1, 0.15) is 0 Å². The van der Waals surface area contributed by atoms with Gasteiger partial charge in [-0.05, 0) is 31.2 Å². The molecule has 0 fully saturated rings. The third-order valence-corrected chi connectivity index (χ3v) is 3.30. The lowest BCUT2D eigenvalue weighted by Crippen LogP contribution is -2.13. The van der Waals surface area contributed by atoms with Crippen molar-refractivity contribution >= 4 is 27.5 Å². The van der Waals surface area contributed by atoms with Crippen LogP contribution in [0.1, 0.15) is 16.2 Å². The molecule has 0 saturated heterocycles. The fourth-order valence-corrected chi connectivity index (χ4v) is 2.24. The number of nitrogens with one attached hydrogen (secondary N) is 1. The predicted molar refractivity (Wildman–Crippen MR) is 80.5 cm³/mol. The van der Waals surface area contributed by atoms with Gasteiger partial charge in [0.15, 0.2) is 0 Å². The maximum absolute atomic E-state index is 12.2. The van der Waals surface area contributed by atoms with E-state index in [1.165, 1.54) is 0 Å². The van der Waals surface area contributed by atoms with Crippen molar-refractivity contribution < 1.29 is 9.32 Å². The Morgan fingerprint density at radius 2 is 2.24 bits per heavy atom. The lowest BCUT2D eigenvalue weighted by atomic mass is 10.2. The van der Waals surface area contributed by atoms with Crippen LogP contribution in [0.4, 0.5) is 5.69 Å². The van der Waals surface area contributed by atoms with Gasteiger partial charge in [0, 0.05) is 22.9 Å². The monoisotopic (exact) mass is 346 g/mol. The van der Waals surface area contributed by atoms with Crippen LogP contribution >= 0.6 is 15.9 Å². The van der Waals surface area contributed by atoms with Gasteiger partial charge < -0.3 is 9.84 Å². The number of carbonyl (C=O) groups is 1. The molecule has 0 atom stereocenters. The van der Waals surface area contributed by atoms with Crippen molar-refractivity contribution in [3.63, 3.8) is 0 Å². The van der Waals surface area contributed by atoms with E-state index in [0.29, 0.717) is 11.4 Å². The van der Waals surface area contributed by atoms with Crippen LogP contribution in [0.5, 0.6) is 0 Å². The summed E-state index contributed by atoms with van der Waals surface area (Å²) in [6, 6.07) is 8.94. The summed E-state index contributed by atoms with van der Waals surface area (Å²) >= 11 is 3.39. The van der Waals surface area contributed by atoms with Crippen molar-refractivity contribution in [1.82, 2.24) is 14.9 Å². The van der Waals surface area contributed by atoms with E-state index in [1.807, 2.05) is 18.2 Å². The van der Waals surface area contributed by atoms with Crippen LogP contribution in [0.3, 0.4) is 0 Å². The average Bonchev–Trinajstić information content (AvgIpc) is 3.10. The summed E-state index contributed by atoms with van der Waals surface area (Å²) in [6.45, 7) is 1.76. The second kappa shape index (κ2) is 5.53. The molecule has 3 rings (SSSR count). The van der Waals surface area contributed by atoms with Crippen molar-refractivity contribution in [1.29, 1.82) is 0 Å². The predicted octanol–water partition coefficient (Wildman–Crippen LogP) is 3.18. The molecule has 0 aliphatic heterocycles. The SMILES string of the molecule is Cc1cc(C(=O)Nc2cc(Br)ccc2-n2cccn2)on1. The standard InChI is InChI=1S/C14H11BrN4O2/c1-9-7-13(21-18-9)14(20)17-11-8-10(15)3-4-12(11)19-6-2-5-16-19/h2-8H,1H3,(H,17,20). The van der Waals surface area contributed by atoms with Gasteiger partial charge in [-0.15, -0.1) is 0 Å². The van der Waals surface area contributed by atoms with Gasteiger partial charge >= 0.3 is 0 Å². The van der Waals surface area contributed by atoms with Gasteiger partial charge in [0.05, 0.1) is 17.1 Å². The molecule has 1 amide bonds. The normalized spacial score (nSPS) is 10.6. The minimum absolute atomic E-state index is 0.166. The van der Waals surface area contributed by atoms with Crippen molar-refractivity contribution in [2.24, 2.45) is 0 Å². The lowest BCUT2D eigenvalue weighted by molar-refractivity contribution is 0.0988. The van der Waals surface area contributed by atoms with Crippen molar-refractivity contribution in [2.45, 2.75) is 6.92 Å². The number of carbonyl (C=O) groups excluding carboxylic acids is 1. The molecule has 7 heteroatoms. The van der Waals surface area contributed by atoms with Gasteiger partial charge in [-0.25, -0.2) is 4.68 Å². The van der Waals surface area contributed by atoms with Gasteiger partial charge in [-0.3, -0.25) is 4.79 Å². The molecule has 106 valence electrons. The largest absolute Gasteiger partial charge is 0.351 e. The summed E-state index contributed by atoms with van der Waals surface area (Å²) in [5.41, 5.74) is 2.03. The van der Waals surface area contributed by atoms with E-state index < -0.39 is 0 Å². The van der Waals surface area contributed by atoms with Crippen LogP contribution in [0.15, 0.2) is 51.7 Å². The van der Waals surface area contributed by atoms with E-state index in [9.17, 15) is 4.79 Å². The van der Waals surface area contributed by atoms with Crippen LogP contribution < -0.4 is 5.32 Å². The maximum atomic E-state index is 12.2. The van der Waals surface area contributed by atoms with Crippen LogP contribution in [0.25, 0.3) is 5.69 Å². The van der Waals surface area contributed by atoms with Gasteiger partial charge in [-0.1, -0.05) is 21.1 Å². The van der Waals surface area contributed by atoms with E-state index in [4.69, 9.17) is 4.52 Å².